The maximum absolute atomic E-state index is 6.52. The second-order valence-corrected chi connectivity index (χ2v) is 37.7. The molecule has 0 aliphatic heterocycles. The predicted octanol–water partition coefficient (Wildman–Crippen LogP) is 26.2. The molecular weight excluding hydrogens is 1450 g/mol. The summed E-state index contributed by atoms with van der Waals surface area (Å²) >= 11 is 0. The van der Waals surface area contributed by atoms with Crippen LogP contribution >= 0.6 is 0 Å². The molecule has 4 aliphatic rings. The monoisotopic (exact) mass is 1570 g/mol. The first-order chi connectivity index (χ1) is 56.9. The molecule has 12 nitrogen and oxygen atoms in total. The van der Waals surface area contributed by atoms with Gasteiger partial charge in [0.25, 0.3) is 0 Å². The van der Waals surface area contributed by atoms with Gasteiger partial charge in [0.1, 0.15) is 28.2 Å². The molecule has 12 heteroatoms. The lowest BCUT2D eigenvalue weighted by Crippen LogP contribution is -2.31. The van der Waals surface area contributed by atoms with Crippen molar-refractivity contribution in [2.45, 2.75) is 235 Å². The van der Waals surface area contributed by atoms with Crippen molar-refractivity contribution in [3.05, 3.63) is 238 Å². The first-order valence-corrected chi connectivity index (χ1v) is 44.1. The van der Waals surface area contributed by atoms with Crippen LogP contribution in [0.15, 0.2) is 188 Å². The van der Waals surface area contributed by atoms with Crippen LogP contribution in [0.2, 0.25) is 0 Å². The summed E-state index contributed by atoms with van der Waals surface area (Å²) < 4.78 is 34.5. The number of benzene rings is 4. The molecule has 12 heterocycles. The summed E-state index contributed by atoms with van der Waals surface area (Å²) in [5, 5.41) is 9.01. The van der Waals surface area contributed by atoms with Crippen molar-refractivity contribution in [2.75, 3.05) is 0 Å². The van der Waals surface area contributed by atoms with E-state index < -0.39 is 0 Å². The highest BCUT2D eigenvalue weighted by Gasteiger charge is 2.31. The smallest absolute Gasteiger partial charge is 0.227 e. The van der Waals surface area contributed by atoms with E-state index in [1.807, 2.05) is 13.0 Å². The molecule has 12 aromatic heterocycles. The Morgan fingerprint density at radius 2 is 0.644 bits per heavy atom. The molecule has 0 radical (unpaired) electrons. The van der Waals surface area contributed by atoms with Crippen molar-refractivity contribution in [3.63, 3.8) is 0 Å². The molecule has 0 unspecified atom stereocenters. The molecule has 0 N–H and O–H groups in total. The highest BCUT2D eigenvalue weighted by atomic mass is 16.4. The molecule has 4 aromatic carbocycles. The van der Waals surface area contributed by atoms with E-state index in [1.165, 1.54) is 210 Å². The van der Waals surface area contributed by atoms with E-state index in [9.17, 15) is 0 Å². The number of hydrogen-bond acceptors (Lipinski definition) is 8. The SMILES string of the molecule is CCc1ccc2c(n1)oc1c(-c3ccc(C4CCCC4)c[n+]3C)c(C)ccc12.Cc1ccc2c(n1)oc1c(-c3ccc(C4CCCC4)c[n+]3C)c(C)ccc12.Cc1ccc2c(oc3nc(C4CCCC4)ccc32)c1-c1cc(CC(C)(C)C)cc[n+]1C.Cc1ccc2c(oc3nc(C4CCCCC4)ccc32)c1-c1cc(CC(C)(C)C)cc[n+]1C. The largest absolute Gasteiger partial charge is 0.437 e. The summed E-state index contributed by atoms with van der Waals surface area (Å²) in [5.41, 5.74) is 31.8. The summed E-state index contributed by atoms with van der Waals surface area (Å²) in [6.07, 6.45) is 34.3. The van der Waals surface area contributed by atoms with Crippen LogP contribution in [-0.2, 0) is 47.5 Å². The fourth-order valence-corrected chi connectivity index (χ4v) is 19.9. The zero-order chi connectivity index (χ0) is 82.0. The van der Waals surface area contributed by atoms with Gasteiger partial charge in [-0.2, -0.15) is 0 Å². The fraction of sp³-hybridized carbons (Fsp3) is 0.396. The zero-order valence-electron chi connectivity index (χ0n) is 72.8. The second kappa shape index (κ2) is 32.9. The Morgan fingerprint density at radius 1 is 0.322 bits per heavy atom. The Morgan fingerprint density at radius 3 is 1.01 bits per heavy atom. The minimum Gasteiger partial charge on any atom is -0.437 e. The minimum absolute atomic E-state index is 0.247. The third kappa shape index (κ3) is 16.1. The molecule has 0 amide bonds. The van der Waals surface area contributed by atoms with E-state index in [1.54, 1.807) is 0 Å². The van der Waals surface area contributed by atoms with Gasteiger partial charge in [0, 0.05) is 125 Å². The van der Waals surface area contributed by atoms with Crippen molar-refractivity contribution in [2.24, 2.45) is 39.0 Å². The molecule has 118 heavy (non-hydrogen) atoms. The Balaban J connectivity index is 0.000000113. The van der Waals surface area contributed by atoms with Gasteiger partial charge in [-0.15, -0.1) is 0 Å². The van der Waals surface area contributed by atoms with Gasteiger partial charge in [0.15, 0.2) is 47.1 Å². The van der Waals surface area contributed by atoms with Crippen LogP contribution < -0.4 is 18.3 Å². The zero-order valence-corrected chi connectivity index (χ0v) is 72.8. The lowest BCUT2D eigenvalue weighted by Gasteiger charge is -2.20. The molecule has 0 saturated heterocycles. The summed E-state index contributed by atoms with van der Waals surface area (Å²) in [4.78, 5) is 19.3. The number of aryl methyl sites for hydroxylation is 10. The number of aromatic nitrogens is 8. The van der Waals surface area contributed by atoms with Crippen LogP contribution in [0.1, 0.15) is 249 Å². The maximum atomic E-state index is 6.52. The third-order valence-corrected chi connectivity index (χ3v) is 26.1. The lowest BCUT2D eigenvalue weighted by molar-refractivity contribution is -0.661. The summed E-state index contributed by atoms with van der Waals surface area (Å²) in [5.74, 6) is 2.61. The quantitative estimate of drug-likeness (QED) is 0.117. The molecule has 4 aliphatic carbocycles. The molecule has 16 aromatic rings. The van der Waals surface area contributed by atoms with Gasteiger partial charge >= 0.3 is 0 Å². The van der Waals surface area contributed by atoms with Gasteiger partial charge in [0.05, 0.1) is 22.3 Å². The predicted molar refractivity (Wildman–Crippen MR) is 481 cm³/mol. The minimum atomic E-state index is 0.247. The molecular formula is C106H120N8O4+4. The standard InChI is InChI=1S/C29H35N2O.C28H33N2O.C25H27N2O.C24H25N2O/c1-19-11-12-22-23-13-14-24(21-9-7-6-8-10-21)30-28(23)32-27(22)26(19)25-17-20(15-16-31(25)5)18-29(2,3)4;1-18-10-11-21-22-12-13-23(20-8-6-7-9-20)29-27(22)31-26(21)25(18)24-16-19(14-15-30(24)5)17-28(2,3)4;1-4-19-11-13-21-20-12-9-16(2)23(24(20)28-25(21)26-19)22-14-10-18(15-27(22)3)17-7-5-6-8-17;1-15-8-11-19-20-12-9-16(2)25-24(20)27-23(19)22(15)21-13-10-18(14-26(21)3)17-6-4-5-7-17/h11-17,21H,6-10,18H2,1-5H3;10-16,20H,6-9,17H2,1-5H3;9-15,17H,4-8H2,1-3H3;8-14,17H,4-7H2,1-3H3/q4*+1. The first kappa shape index (κ1) is 79.7. The topological polar surface area (TPSA) is 120 Å². The molecule has 0 bridgehead atoms. The molecule has 0 spiro atoms. The molecule has 0 atom stereocenters. The average molecular weight is 1570 g/mol. The van der Waals surface area contributed by atoms with Crippen LogP contribution in [0.4, 0.5) is 0 Å². The lowest BCUT2D eigenvalue weighted by atomic mass is 9.86. The molecule has 604 valence electrons. The normalized spacial score (nSPS) is 15.4. The van der Waals surface area contributed by atoms with E-state index in [0.717, 1.165) is 131 Å². The van der Waals surface area contributed by atoms with Crippen LogP contribution in [0, 0.1) is 45.4 Å². The van der Waals surface area contributed by atoms with Crippen molar-refractivity contribution in [3.8, 4) is 45.0 Å². The number of hydrogen-bond donors (Lipinski definition) is 0. The van der Waals surface area contributed by atoms with E-state index in [-0.39, 0.29) is 10.8 Å². The number of fused-ring (bicyclic) bond motifs is 12. The van der Waals surface area contributed by atoms with Crippen LogP contribution in [-0.4, -0.2) is 19.9 Å². The maximum Gasteiger partial charge on any atom is 0.227 e. The third-order valence-electron chi connectivity index (χ3n) is 26.1. The number of furan rings is 4. The van der Waals surface area contributed by atoms with Crippen molar-refractivity contribution in [1.29, 1.82) is 0 Å². The number of pyridine rings is 8. The first-order valence-electron chi connectivity index (χ1n) is 44.1. The Labute approximate surface area is 696 Å². The van der Waals surface area contributed by atoms with Gasteiger partial charge in [-0.05, 0) is 222 Å². The van der Waals surface area contributed by atoms with Crippen molar-refractivity contribution in [1.82, 2.24) is 19.9 Å². The fourth-order valence-electron chi connectivity index (χ4n) is 19.9. The molecule has 4 fully saturated rings. The van der Waals surface area contributed by atoms with Crippen molar-refractivity contribution >= 4 is 88.3 Å². The van der Waals surface area contributed by atoms with Gasteiger partial charge in [-0.1, -0.05) is 155 Å². The van der Waals surface area contributed by atoms with Gasteiger partial charge in [-0.25, -0.2) is 38.2 Å². The van der Waals surface area contributed by atoms with Gasteiger partial charge in [0.2, 0.25) is 45.6 Å². The average Bonchev–Trinajstić information content (AvgIpc) is 1.59. The summed E-state index contributed by atoms with van der Waals surface area (Å²) in [6, 6.07) is 53.2. The van der Waals surface area contributed by atoms with E-state index in [0.29, 0.717) is 11.8 Å². The van der Waals surface area contributed by atoms with E-state index in [2.05, 4.69) is 292 Å². The van der Waals surface area contributed by atoms with Crippen molar-refractivity contribution < 1.29 is 35.9 Å². The Hall–Kier alpha value is -10.7. The number of nitrogens with zero attached hydrogens (tertiary/aromatic N) is 8. The van der Waals surface area contributed by atoms with Crippen LogP contribution in [0.3, 0.4) is 0 Å². The number of rotatable bonds is 11. The van der Waals surface area contributed by atoms with Crippen LogP contribution in [0.5, 0.6) is 0 Å². The van der Waals surface area contributed by atoms with Crippen LogP contribution in [0.25, 0.3) is 133 Å². The van der Waals surface area contributed by atoms with Gasteiger partial charge in [-0.3, -0.25) is 0 Å². The van der Waals surface area contributed by atoms with E-state index >= 15 is 0 Å². The summed E-state index contributed by atoms with van der Waals surface area (Å²) in [6.45, 7) is 26.5. The highest BCUT2D eigenvalue weighted by Crippen LogP contribution is 2.45. The van der Waals surface area contributed by atoms with Gasteiger partial charge < -0.3 is 17.7 Å². The van der Waals surface area contributed by atoms with E-state index in [4.69, 9.17) is 32.6 Å². The Bertz CT molecular complexity index is 6470. The summed E-state index contributed by atoms with van der Waals surface area (Å²) in [7, 11) is 8.55. The highest BCUT2D eigenvalue weighted by molar-refractivity contribution is 6.12. The Kier molecular flexibility index (Phi) is 22.2. The second-order valence-electron chi connectivity index (χ2n) is 37.7. The molecule has 4 saturated carbocycles. The molecule has 20 rings (SSSR count).